The molecule has 0 aromatic rings. The van der Waals surface area contributed by atoms with Gasteiger partial charge in [-0.15, -0.1) is 0 Å². The first-order chi connectivity index (χ1) is 8.65. The molecule has 2 fully saturated rings. The third-order valence-corrected chi connectivity index (χ3v) is 4.00. The van der Waals surface area contributed by atoms with E-state index in [1.54, 1.807) is 0 Å². The van der Waals surface area contributed by atoms with Crippen molar-refractivity contribution in [2.75, 3.05) is 46.8 Å². The normalized spacial score (nSPS) is 21.6. The molecule has 0 radical (unpaired) electrons. The first-order valence-electron chi connectivity index (χ1n) is 7.28. The molecule has 0 spiro atoms. The third-order valence-electron chi connectivity index (χ3n) is 4.00. The van der Waals surface area contributed by atoms with Crippen LogP contribution in [-0.4, -0.2) is 62.5 Å². The number of likely N-dealkylation sites (tertiary alicyclic amines) is 1. The fourth-order valence-electron chi connectivity index (χ4n) is 2.70. The fourth-order valence-corrected chi connectivity index (χ4v) is 2.70. The van der Waals surface area contributed by atoms with Gasteiger partial charge >= 0.3 is 0 Å². The number of hydrogen-bond acceptors (Lipinski definition) is 3. The monoisotopic (exact) mass is 253 g/mol. The van der Waals surface area contributed by atoms with Gasteiger partial charge in [0, 0.05) is 19.6 Å². The highest BCUT2D eigenvalue weighted by molar-refractivity contribution is 5.78. The second-order valence-corrected chi connectivity index (χ2v) is 6.16. The van der Waals surface area contributed by atoms with Gasteiger partial charge in [0.2, 0.25) is 5.91 Å². The minimum Gasteiger partial charge on any atom is -0.342 e. The average molecular weight is 253 g/mol. The van der Waals surface area contributed by atoms with E-state index in [9.17, 15) is 4.79 Å². The molecule has 0 aromatic heterocycles. The molecule has 1 aliphatic heterocycles. The van der Waals surface area contributed by atoms with E-state index in [1.807, 2.05) is 4.90 Å². The summed E-state index contributed by atoms with van der Waals surface area (Å²) in [6.07, 6.45) is 5.01. The Labute approximate surface area is 111 Å². The van der Waals surface area contributed by atoms with Crippen molar-refractivity contribution in [2.24, 2.45) is 11.8 Å². The highest BCUT2D eigenvalue weighted by atomic mass is 16.2. The van der Waals surface area contributed by atoms with Gasteiger partial charge in [0.1, 0.15) is 0 Å². The second kappa shape index (κ2) is 6.53. The van der Waals surface area contributed by atoms with Crippen LogP contribution in [-0.2, 0) is 4.79 Å². The van der Waals surface area contributed by atoms with Crippen molar-refractivity contribution in [2.45, 2.75) is 25.7 Å². The van der Waals surface area contributed by atoms with Gasteiger partial charge in [0.15, 0.2) is 0 Å². The number of hydrogen-bond donors (Lipinski definition) is 1. The van der Waals surface area contributed by atoms with Gasteiger partial charge < -0.3 is 15.1 Å². The van der Waals surface area contributed by atoms with Gasteiger partial charge in [0.05, 0.1) is 6.54 Å². The van der Waals surface area contributed by atoms with E-state index in [-0.39, 0.29) is 0 Å². The maximum absolute atomic E-state index is 12.0. The van der Waals surface area contributed by atoms with Crippen molar-refractivity contribution in [1.29, 1.82) is 0 Å². The van der Waals surface area contributed by atoms with Crippen LogP contribution in [0.15, 0.2) is 0 Å². The number of nitrogens with one attached hydrogen (secondary N) is 1. The molecule has 1 saturated carbocycles. The van der Waals surface area contributed by atoms with Gasteiger partial charge in [-0.25, -0.2) is 0 Å². The Hall–Kier alpha value is -0.610. The number of carbonyl (C=O) groups is 1. The zero-order valence-electron chi connectivity index (χ0n) is 11.8. The van der Waals surface area contributed by atoms with E-state index in [0.717, 1.165) is 50.9 Å². The molecule has 18 heavy (non-hydrogen) atoms. The molecule has 1 N–H and O–H groups in total. The molecular weight excluding hydrogens is 226 g/mol. The van der Waals surface area contributed by atoms with E-state index in [1.165, 1.54) is 12.8 Å². The molecular formula is C14H27N3O. The Morgan fingerprint density at radius 1 is 1.17 bits per heavy atom. The SMILES string of the molecule is CN(C)CC1CCN(C(=O)CNCC2CC2)CC1. The van der Waals surface area contributed by atoms with Crippen LogP contribution < -0.4 is 5.32 Å². The number of amides is 1. The van der Waals surface area contributed by atoms with Crippen LogP contribution in [0, 0.1) is 11.8 Å². The van der Waals surface area contributed by atoms with Crippen LogP contribution in [0.25, 0.3) is 0 Å². The van der Waals surface area contributed by atoms with Crippen LogP contribution >= 0.6 is 0 Å². The van der Waals surface area contributed by atoms with Crippen molar-refractivity contribution >= 4 is 5.91 Å². The Kier molecular flexibility index (Phi) is 5.01. The quantitative estimate of drug-likeness (QED) is 0.760. The molecule has 1 heterocycles. The minimum absolute atomic E-state index is 0.291. The molecule has 0 aromatic carbocycles. The molecule has 0 atom stereocenters. The maximum Gasteiger partial charge on any atom is 0.236 e. The van der Waals surface area contributed by atoms with E-state index < -0.39 is 0 Å². The summed E-state index contributed by atoms with van der Waals surface area (Å²) in [4.78, 5) is 16.3. The second-order valence-electron chi connectivity index (χ2n) is 6.16. The average Bonchev–Trinajstić information content (AvgIpc) is 3.13. The van der Waals surface area contributed by atoms with Crippen molar-refractivity contribution in [3.8, 4) is 0 Å². The summed E-state index contributed by atoms with van der Waals surface area (Å²) >= 11 is 0. The third kappa shape index (κ3) is 4.58. The van der Waals surface area contributed by atoms with E-state index >= 15 is 0 Å². The van der Waals surface area contributed by atoms with Gasteiger partial charge in [-0.2, -0.15) is 0 Å². The lowest BCUT2D eigenvalue weighted by atomic mass is 9.96. The smallest absolute Gasteiger partial charge is 0.236 e. The van der Waals surface area contributed by atoms with Crippen LogP contribution in [0.5, 0.6) is 0 Å². The molecule has 2 aliphatic rings. The number of piperidine rings is 1. The predicted octanol–water partition coefficient (Wildman–Crippen LogP) is 0.786. The van der Waals surface area contributed by atoms with Crippen LogP contribution in [0.3, 0.4) is 0 Å². The van der Waals surface area contributed by atoms with Gasteiger partial charge in [-0.05, 0) is 58.2 Å². The van der Waals surface area contributed by atoms with Crippen LogP contribution in [0.4, 0.5) is 0 Å². The first-order valence-corrected chi connectivity index (χ1v) is 7.28. The first kappa shape index (κ1) is 13.8. The predicted molar refractivity (Wildman–Crippen MR) is 73.5 cm³/mol. The Morgan fingerprint density at radius 3 is 2.39 bits per heavy atom. The van der Waals surface area contributed by atoms with Crippen LogP contribution in [0.1, 0.15) is 25.7 Å². The van der Waals surface area contributed by atoms with Crippen molar-refractivity contribution < 1.29 is 4.79 Å². The summed E-state index contributed by atoms with van der Waals surface area (Å²) in [6, 6.07) is 0. The summed E-state index contributed by atoms with van der Waals surface area (Å²) in [5.74, 6) is 1.91. The summed E-state index contributed by atoms with van der Waals surface area (Å²) in [6.45, 7) is 4.62. The highest BCUT2D eigenvalue weighted by Crippen LogP contribution is 2.27. The highest BCUT2D eigenvalue weighted by Gasteiger charge is 2.24. The topological polar surface area (TPSA) is 35.6 Å². The number of nitrogens with zero attached hydrogens (tertiary/aromatic N) is 2. The van der Waals surface area contributed by atoms with E-state index in [2.05, 4.69) is 24.3 Å². The lowest BCUT2D eigenvalue weighted by Crippen LogP contribution is -2.44. The van der Waals surface area contributed by atoms with Gasteiger partial charge in [-0.3, -0.25) is 4.79 Å². The minimum atomic E-state index is 0.291. The standard InChI is InChI=1S/C14H27N3O/c1-16(2)11-13-5-7-17(8-6-13)14(18)10-15-9-12-3-4-12/h12-13,15H,3-11H2,1-2H3. The van der Waals surface area contributed by atoms with E-state index in [0.29, 0.717) is 12.5 Å². The van der Waals surface area contributed by atoms with Crippen molar-refractivity contribution in [3.63, 3.8) is 0 Å². The van der Waals surface area contributed by atoms with Gasteiger partial charge in [-0.1, -0.05) is 0 Å². The molecule has 1 aliphatic carbocycles. The zero-order chi connectivity index (χ0) is 13.0. The fraction of sp³-hybridized carbons (Fsp3) is 0.929. The molecule has 4 nitrogen and oxygen atoms in total. The summed E-state index contributed by atoms with van der Waals surface area (Å²) in [5, 5.41) is 3.29. The van der Waals surface area contributed by atoms with Gasteiger partial charge in [0.25, 0.3) is 0 Å². The molecule has 4 heteroatoms. The summed E-state index contributed by atoms with van der Waals surface area (Å²) in [7, 11) is 4.25. The molecule has 2 rings (SSSR count). The Balaban J connectivity index is 1.60. The maximum atomic E-state index is 12.0. The largest absolute Gasteiger partial charge is 0.342 e. The van der Waals surface area contributed by atoms with Crippen molar-refractivity contribution in [1.82, 2.24) is 15.1 Å². The number of rotatable bonds is 6. The Morgan fingerprint density at radius 2 is 1.83 bits per heavy atom. The molecule has 1 saturated heterocycles. The zero-order valence-corrected chi connectivity index (χ0v) is 11.8. The number of carbonyl (C=O) groups excluding carboxylic acids is 1. The lowest BCUT2D eigenvalue weighted by molar-refractivity contribution is -0.131. The molecule has 1 amide bonds. The van der Waals surface area contributed by atoms with Crippen LogP contribution in [0.2, 0.25) is 0 Å². The van der Waals surface area contributed by atoms with E-state index in [4.69, 9.17) is 0 Å². The Bertz CT molecular complexity index is 268. The molecule has 0 bridgehead atoms. The summed E-state index contributed by atoms with van der Waals surface area (Å²) in [5.41, 5.74) is 0. The molecule has 104 valence electrons. The van der Waals surface area contributed by atoms with Crippen molar-refractivity contribution in [3.05, 3.63) is 0 Å². The lowest BCUT2D eigenvalue weighted by Gasteiger charge is -2.33. The summed E-state index contributed by atoms with van der Waals surface area (Å²) < 4.78 is 0. The molecule has 0 unspecified atom stereocenters.